The number of hydrogen-bond donors (Lipinski definition) is 1. The first kappa shape index (κ1) is 23.3. The lowest BCUT2D eigenvalue weighted by molar-refractivity contribution is 0.243. The van der Waals surface area contributed by atoms with Crippen LogP contribution in [0, 0.1) is 0 Å². The number of aromatic nitrogens is 2. The third kappa shape index (κ3) is 5.13. The Bertz CT molecular complexity index is 1420. The number of rotatable bonds is 5. The third-order valence-electron chi connectivity index (χ3n) is 5.81. The lowest BCUT2D eigenvalue weighted by Gasteiger charge is -2.26. The summed E-state index contributed by atoms with van der Waals surface area (Å²) in [6, 6.07) is 14.3. The van der Waals surface area contributed by atoms with Crippen molar-refractivity contribution in [1.29, 1.82) is 0 Å². The normalized spacial score (nSPS) is 14.4. The predicted octanol–water partition coefficient (Wildman–Crippen LogP) is 6.84. The van der Waals surface area contributed by atoms with E-state index < -0.39 is 5.63 Å². The van der Waals surface area contributed by atoms with Gasteiger partial charge in [0.05, 0.1) is 28.6 Å². The predicted molar refractivity (Wildman–Crippen MR) is 141 cm³/mol. The first-order valence-electron chi connectivity index (χ1n) is 11.0. The van der Waals surface area contributed by atoms with Gasteiger partial charge in [-0.1, -0.05) is 45.6 Å². The Labute approximate surface area is 215 Å². The van der Waals surface area contributed by atoms with E-state index in [-0.39, 0.29) is 0 Å². The fourth-order valence-corrected chi connectivity index (χ4v) is 4.96. The van der Waals surface area contributed by atoms with Crippen molar-refractivity contribution in [2.75, 3.05) is 25.1 Å². The number of nitrogens with one attached hydrogen (secondary N) is 1. The maximum atomic E-state index is 12.9. The Morgan fingerprint density at radius 3 is 2.47 bits per heavy atom. The van der Waals surface area contributed by atoms with Crippen molar-refractivity contribution in [2.45, 2.75) is 19.3 Å². The number of nitrogens with zero attached hydrogens (tertiary/aromatic N) is 3. The number of anilines is 1. The average Bonchev–Trinajstić information content (AvgIpc) is 2.83. The van der Waals surface area contributed by atoms with Gasteiger partial charge >= 0.3 is 5.63 Å². The van der Waals surface area contributed by atoms with Crippen molar-refractivity contribution >= 4 is 56.0 Å². The van der Waals surface area contributed by atoms with Gasteiger partial charge in [0.1, 0.15) is 5.58 Å². The van der Waals surface area contributed by atoms with Gasteiger partial charge in [-0.3, -0.25) is 4.90 Å². The number of halogens is 3. The van der Waals surface area contributed by atoms with Gasteiger partial charge in [-0.05, 0) is 74.5 Å². The smallest absolute Gasteiger partial charge is 0.345 e. The molecule has 174 valence electrons. The Morgan fingerprint density at radius 1 is 0.941 bits per heavy atom. The zero-order chi connectivity index (χ0) is 23.7. The molecule has 0 spiro atoms. The minimum Gasteiger partial charge on any atom is -0.422 e. The minimum atomic E-state index is -0.469. The summed E-state index contributed by atoms with van der Waals surface area (Å²) in [4.78, 5) is 24.6. The van der Waals surface area contributed by atoms with Gasteiger partial charge in [-0.15, -0.1) is 0 Å². The summed E-state index contributed by atoms with van der Waals surface area (Å²) >= 11 is 16.0. The number of fused-ring (bicyclic) bond motifs is 1. The zero-order valence-electron chi connectivity index (χ0n) is 18.2. The molecule has 0 bridgehead atoms. The Kier molecular flexibility index (Phi) is 6.88. The lowest BCUT2D eigenvalue weighted by atomic mass is 10.1. The first-order valence-corrected chi connectivity index (χ1v) is 12.6. The minimum absolute atomic E-state index is 0.348. The second-order valence-corrected chi connectivity index (χ2v) is 9.99. The molecule has 0 saturated carbocycles. The van der Waals surface area contributed by atoms with Gasteiger partial charge in [0.25, 0.3) is 0 Å². The summed E-state index contributed by atoms with van der Waals surface area (Å²) in [6.45, 7) is 2.69. The fraction of sp³-hybridized carbons (Fsp3) is 0.240. The van der Waals surface area contributed by atoms with Crippen LogP contribution in [0.15, 0.2) is 62.2 Å². The van der Waals surface area contributed by atoms with E-state index in [0.29, 0.717) is 50.8 Å². The SMILES string of the molecule is O=c1oc2ccc(Br)cc2cc1-c1cc(-c2ccc(Cl)cc2Cl)nc(NCN2CCCCC2)n1. The fourth-order valence-electron chi connectivity index (χ4n) is 4.07. The van der Waals surface area contributed by atoms with E-state index in [9.17, 15) is 4.79 Å². The highest BCUT2D eigenvalue weighted by molar-refractivity contribution is 9.10. The summed E-state index contributed by atoms with van der Waals surface area (Å²) < 4.78 is 6.46. The van der Waals surface area contributed by atoms with Crippen molar-refractivity contribution in [2.24, 2.45) is 0 Å². The number of likely N-dealkylation sites (tertiary alicyclic amines) is 1. The van der Waals surface area contributed by atoms with Crippen molar-refractivity contribution < 1.29 is 4.42 Å². The lowest BCUT2D eigenvalue weighted by Crippen LogP contribution is -2.34. The molecule has 5 rings (SSSR count). The maximum Gasteiger partial charge on any atom is 0.345 e. The molecule has 6 nitrogen and oxygen atoms in total. The van der Waals surface area contributed by atoms with E-state index >= 15 is 0 Å². The van der Waals surface area contributed by atoms with Crippen LogP contribution in [-0.4, -0.2) is 34.6 Å². The van der Waals surface area contributed by atoms with Crippen LogP contribution in [0.5, 0.6) is 0 Å². The van der Waals surface area contributed by atoms with Gasteiger partial charge in [-0.2, -0.15) is 0 Å². The van der Waals surface area contributed by atoms with E-state index in [1.54, 1.807) is 30.3 Å². The Morgan fingerprint density at radius 2 is 1.71 bits per heavy atom. The molecule has 1 aliphatic heterocycles. The van der Waals surface area contributed by atoms with Crippen molar-refractivity contribution in [1.82, 2.24) is 14.9 Å². The molecule has 1 fully saturated rings. The van der Waals surface area contributed by atoms with Crippen LogP contribution in [0.2, 0.25) is 10.0 Å². The molecular weight excluding hydrogens is 539 g/mol. The van der Waals surface area contributed by atoms with E-state index in [0.717, 1.165) is 22.9 Å². The second kappa shape index (κ2) is 10.0. The third-order valence-corrected chi connectivity index (χ3v) is 6.85. The zero-order valence-corrected chi connectivity index (χ0v) is 21.3. The largest absolute Gasteiger partial charge is 0.422 e. The van der Waals surface area contributed by atoms with Gasteiger partial charge < -0.3 is 9.73 Å². The van der Waals surface area contributed by atoms with E-state index in [1.807, 2.05) is 18.2 Å². The highest BCUT2D eigenvalue weighted by atomic mass is 79.9. The highest BCUT2D eigenvalue weighted by Gasteiger charge is 2.16. The van der Waals surface area contributed by atoms with Crippen molar-refractivity contribution in [3.63, 3.8) is 0 Å². The molecule has 3 heterocycles. The van der Waals surface area contributed by atoms with Crippen LogP contribution in [0.25, 0.3) is 33.5 Å². The molecule has 4 aromatic rings. The van der Waals surface area contributed by atoms with Gasteiger partial charge in [0.2, 0.25) is 5.95 Å². The van der Waals surface area contributed by atoms with Gasteiger partial charge in [0.15, 0.2) is 0 Å². The van der Waals surface area contributed by atoms with Crippen LogP contribution >= 0.6 is 39.1 Å². The Balaban J connectivity index is 1.60. The van der Waals surface area contributed by atoms with Gasteiger partial charge in [-0.25, -0.2) is 14.8 Å². The molecular formula is C25H21BrCl2N4O2. The summed E-state index contributed by atoms with van der Waals surface area (Å²) in [5.41, 5.74) is 2.12. The summed E-state index contributed by atoms with van der Waals surface area (Å²) in [6.07, 6.45) is 3.62. The quantitative estimate of drug-likeness (QED) is 0.270. The molecule has 1 aliphatic rings. The molecule has 0 radical (unpaired) electrons. The van der Waals surface area contributed by atoms with Crippen LogP contribution in [0.1, 0.15) is 19.3 Å². The molecule has 0 aliphatic carbocycles. The van der Waals surface area contributed by atoms with Crippen LogP contribution in [-0.2, 0) is 0 Å². The van der Waals surface area contributed by atoms with E-state index in [4.69, 9.17) is 32.6 Å². The molecule has 1 saturated heterocycles. The molecule has 2 aromatic carbocycles. The maximum absolute atomic E-state index is 12.9. The van der Waals surface area contributed by atoms with Crippen LogP contribution in [0.4, 0.5) is 5.95 Å². The second-order valence-electron chi connectivity index (χ2n) is 8.23. The van der Waals surface area contributed by atoms with E-state index in [1.165, 1.54) is 19.3 Å². The van der Waals surface area contributed by atoms with Crippen LogP contribution in [0.3, 0.4) is 0 Å². The number of benzene rings is 2. The molecule has 0 amide bonds. The molecule has 0 atom stereocenters. The van der Waals surface area contributed by atoms with Crippen molar-refractivity contribution in [3.8, 4) is 22.5 Å². The average molecular weight is 560 g/mol. The topological polar surface area (TPSA) is 71.3 Å². The highest BCUT2D eigenvalue weighted by Crippen LogP contribution is 2.32. The molecule has 2 aromatic heterocycles. The van der Waals surface area contributed by atoms with Crippen LogP contribution < -0.4 is 10.9 Å². The Hall–Kier alpha value is -2.45. The number of piperidine rings is 1. The molecule has 1 N–H and O–H groups in total. The standard InChI is InChI=1S/C25H21BrCl2N4O2/c26-16-4-7-23-15(10-16)11-19(24(33)34-23)22-13-21(18-6-5-17(27)12-20(18)28)30-25(31-22)29-14-32-8-2-1-3-9-32/h4-7,10-13H,1-3,8-9,14H2,(H,29,30,31). The monoisotopic (exact) mass is 558 g/mol. The number of hydrogen-bond acceptors (Lipinski definition) is 6. The molecule has 9 heteroatoms. The summed E-state index contributed by atoms with van der Waals surface area (Å²) in [5.74, 6) is 0.415. The molecule has 0 unspecified atom stereocenters. The first-order chi connectivity index (χ1) is 16.5. The summed E-state index contributed by atoms with van der Waals surface area (Å²) in [5, 5.41) is 5.11. The van der Waals surface area contributed by atoms with Gasteiger partial charge in [0, 0.05) is 20.4 Å². The molecule has 34 heavy (non-hydrogen) atoms. The summed E-state index contributed by atoms with van der Waals surface area (Å²) in [7, 11) is 0. The van der Waals surface area contributed by atoms with Crippen molar-refractivity contribution in [3.05, 3.63) is 73.5 Å². The van der Waals surface area contributed by atoms with E-state index in [2.05, 4.69) is 31.1 Å².